The van der Waals surface area contributed by atoms with Crippen molar-refractivity contribution in [2.75, 3.05) is 26.3 Å². The second-order valence-corrected chi connectivity index (χ2v) is 4.06. The Labute approximate surface area is 91.9 Å². The number of rotatable bonds is 3. The van der Waals surface area contributed by atoms with E-state index in [0.717, 1.165) is 39.3 Å². The summed E-state index contributed by atoms with van der Waals surface area (Å²) < 4.78 is 5.34. The molecule has 0 radical (unpaired) electrons. The standard InChI is InChI=1S/C13H19NO/c1-2-12-4-3-5-13(10-12)11-14-6-8-15-9-7-14/h3-5,10H,2,6-9,11H2,1H3. The number of benzene rings is 1. The molecule has 82 valence electrons. The third-order valence-corrected chi connectivity index (χ3v) is 2.91. The second kappa shape index (κ2) is 5.29. The van der Waals surface area contributed by atoms with Gasteiger partial charge in [0.1, 0.15) is 0 Å². The second-order valence-electron chi connectivity index (χ2n) is 4.06. The van der Waals surface area contributed by atoms with Crippen molar-refractivity contribution in [3.63, 3.8) is 0 Å². The van der Waals surface area contributed by atoms with Gasteiger partial charge in [0.2, 0.25) is 0 Å². The van der Waals surface area contributed by atoms with Crippen LogP contribution in [0, 0.1) is 0 Å². The molecule has 0 atom stereocenters. The number of hydrogen-bond acceptors (Lipinski definition) is 2. The molecule has 1 aromatic carbocycles. The van der Waals surface area contributed by atoms with E-state index in [9.17, 15) is 0 Å². The Balaban J connectivity index is 1.96. The molecule has 0 aliphatic carbocycles. The molecular weight excluding hydrogens is 186 g/mol. The summed E-state index contributed by atoms with van der Waals surface area (Å²) in [6, 6.07) is 8.89. The number of hydrogen-bond donors (Lipinski definition) is 0. The van der Waals surface area contributed by atoms with Crippen molar-refractivity contribution in [1.82, 2.24) is 4.90 Å². The normalized spacial score (nSPS) is 17.9. The average Bonchev–Trinajstić information content (AvgIpc) is 2.31. The molecule has 15 heavy (non-hydrogen) atoms. The van der Waals surface area contributed by atoms with Gasteiger partial charge in [-0.15, -0.1) is 0 Å². The van der Waals surface area contributed by atoms with Crippen LogP contribution in [0.1, 0.15) is 18.1 Å². The molecule has 0 aromatic heterocycles. The molecule has 0 saturated carbocycles. The molecule has 0 unspecified atom stereocenters. The van der Waals surface area contributed by atoms with Gasteiger partial charge in [0.05, 0.1) is 13.2 Å². The van der Waals surface area contributed by atoms with Gasteiger partial charge in [-0.25, -0.2) is 0 Å². The highest BCUT2D eigenvalue weighted by atomic mass is 16.5. The van der Waals surface area contributed by atoms with Gasteiger partial charge in [-0.1, -0.05) is 31.2 Å². The van der Waals surface area contributed by atoms with Gasteiger partial charge in [-0.05, 0) is 17.5 Å². The van der Waals surface area contributed by atoms with Gasteiger partial charge in [0.15, 0.2) is 0 Å². The first-order chi connectivity index (χ1) is 7.38. The minimum Gasteiger partial charge on any atom is -0.379 e. The molecule has 1 saturated heterocycles. The smallest absolute Gasteiger partial charge is 0.0594 e. The number of morpholine rings is 1. The van der Waals surface area contributed by atoms with Crippen LogP contribution in [-0.2, 0) is 17.7 Å². The fourth-order valence-electron chi connectivity index (χ4n) is 1.97. The third kappa shape index (κ3) is 3.05. The van der Waals surface area contributed by atoms with Crippen LogP contribution in [0.4, 0.5) is 0 Å². The Morgan fingerprint density at radius 3 is 2.67 bits per heavy atom. The summed E-state index contributed by atoms with van der Waals surface area (Å²) in [4.78, 5) is 2.46. The van der Waals surface area contributed by atoms with E-state index >= 15 is 0 Å². The molecule has 1 aliphatic rings. The van der Waals surface area contributed by atoms with E-state index in [1.54, 1.807) is 0 Å². The molecule has 2 heteroatoms. The third-order valence-electron chi connectivity index (χ3n) is 2.91. The van der Waals surface area contributed by atoms with Crippen LogP contribution < -0.4 is 0 Å². The highest BCUT2D eigenvalue weighted by molar-refractivity contribution is 5.23. The largest absolute Gasteiger partial charge is 0.379 e. The lowest BCUT2D eigenvalue weighted by Crippen LogP contribution is -2.35. The van der Waals surface area contributed by atoms with Crippen molar-refractivity contribution < 1.29 is 4.74 Å². The minimum absolute atomic E-state index is 0.882. The van der Waals surface area contributed by atoms with E-state index in [4.69, 9.17) is 4.74 Å². The van der Waals surface area contributed by atoms with E-state index < -0.39 is 0 Å². The monoisotopic (exact) mass is 205 g/mol. The summed E-state index contributed by atoms with van der Waals surface area (Å²) >= 11 is 0. The van der Waals surface area contributed by atoms with E-state index in [2.05, 4.69) is 36.1 Å². The minimum atomic E-state index is 0.882. The SMILES string of the molecule is CCc1cccc(CN2CCOCC2)c1. The fraction of sp³-hybridized carbons (Fsp3) is 0.538. The molecule has 1 heterocycles. The molecule has 0 amide bonds. The maximum absolute atomic E-state index is 5.34. The first-order valence-electron chi connectivity index (χ1n) is 5.76. The lowest BCUT2D eigenvalue weighted by molar-refractivity contribution is 0.0342. The number of aryl methyl sites for hydroxylation is 1. The lowest BCUT2D eigenvalue weighted by Gasteiger charge is -2.26. The highest BCUT2D eigenvalue weighted by Crippen LogP contribution is 2.10. The molecule has 2 nitrogen and oxygen atoms in total. The van der Waals surface area contributed by atoms with Crippen molar-refractivity contribution in [3.05, 3.63) is 35.4 Å². The van der Waals surface area contributed by atoms with E-state index in [-0.39, 0.29) is 0 Å². The first kappa shape index (κ1) is 10.7. The van der Waals surface area contributed by atoms with Crippen LogP contribution in [-0.4, -0.2) is 31.2 Å². The molecule has 2 rings (SSSR count). The van der Waals surface area contributed by atoms with Crippen LogP contribution >= 0.6 is 0 Å². The number of ether oxygens (including phenoxy) is 1. The molecule has 1 aromatic rings. The summed E-state index contributed by atoms with van der Waals surface area (Å²) in [6.07, 6.45) is 1.12. The van der Waals surface area contributed by atoms with Crippen LogP contribution in [0.15, 0.2) is 24.3 Å². The molecular formula is C13H19NO. The van der Waals surface area contributed by atoms with Crippen molar-refractivity contribution in [3.8, 4) is 0 Å². The van der Waals surface area contributed by atoms with Crippen LogP contribution in [0.5, 0.6) is 0 Å². The topological polar surface area (TPSA) is 12.5 Å². The zero-order chi connectivity index (χ0) is 10.5. The van der Waals surface area contributed by atoms with Crippen LogP contribution in [0.2, 0.25) is 0 Å². The predicted molar refractivity (Wildman–Crippen MR) is 61.9 cm³/mol. The van der Waals surface area contributed by atoms with Crippen molar-refractivity contribution >= 4 is 0 Å². The predicted octanol–water partition coefficient (Wildman–Crippen LogP) is 2.08. The maximum atomic E-state index is 5.34. The molecule has 0 N–H and O–H groups in total. The first-order valence-corrected chi connectivity index (χ1v) is 5.76. The fourth-order valence-corrected chi connectivity index (χ4v) is 1.97. The maximum Gasteiger partial charge on any atom is 0.0594 e. The highest BCUT2D eigenvalue weighted by Gasteiger charge is 2.10. The van der Waals surface area contributed by atoms with Crippen molar-refractivity contribution in [2.24, 2.45) is 0 Å². The Morgan fingerprint density at radius 1 is 1.20 bits per heavy atom. The van der Waals surface area contributed by atoms with Crippen LogP contribution in [0.25, 0.3) is 0 Å². The van der Waals surface area contributed by atoms with Gasteiger partial charge >= 0.3 is 0 Å². The van der Waals surface area contributed by atoms with Crippen molar-refractivity contribution in [2.45, 2.75) is 19.9 Å². The lowest BCUT2D eigenvalue weighted by atomic mass is 10.1. The zero-order valence-corrected chi connectivity index (χ0v) is 9.41. The Kier molecular flexibility index (Phi) is 3.75. The Bertz CT molecular complexity index is 305. The van der Waals surface area contributed by atoms with Crippen molar-refractivity contribution in [1.29, 1.82) is 0 Å². The van der Waals surface area contributed by atoms with Gasteiger partial charge in [0, 0.05) is 19.6 Å². The summed E-state index contributed by atoms with van der Waals surface area (Å²) in [6.45, 7) is 7.17. The molecule has 0 spiro atoms. The zero-order valence-electron chi connectivity index (χ0n) is 9.41. The molecule has 0 bridgehead atoms. The molecule has 1 aliphatic heterocycles. The van der Waals surface area contributed by atoms with E-state index in [0.29, 0.717) is 0 Å². The molecule has 1 fully saturated rings. The van der Waals surface area contributed by atoms with E-state index in [1.165, 1.54) is 11.1 Å². The summed E-state index contributed by atoms with van der Waals surface area (Å²) in [5.74, 6) is 0. The van der Waals surface area contributed by atoms with Gasteiger partial charge < -0.3 is 4.74 Å². The summed E-state index contributed by atoms with van der Waals surface area (Å²) in [7, 11) is 0. The Hall–Kier alpha value is -0.860. The summed E-state index contributed by atoms with van der Waals surface area (Å²) in [5, 5.41) is 0. The Morgan fingerprint density at radius 2 is 1.93 bits per heavy atom. The quantitative estimate of drug-likeness (QED) is 0.749. The van der Waals surface area contributed by atoms with Gasteiger partial charge in [-0.2, -0.15) is 0 Å². The van der Waals surface area contributed by atoms with Crippen LogP contribution in [0.3, 0.4) is 0 Å². The average molecular weight is 205 g/mol. The summed E-state index contributed by atoms with van der Waals surface area (Å²) in [5.41, 5.74) is 2.86. The van der Waals surface area contributed by atoms with E-state index in [1.807, 2.05) is 0 Å². The van der Waals surface area contributed by atoms with Gasteiger partial charge in [-0.3, -0.25) is 4.90 Å². The number of nitrogens with zero attached hydrogens (tertiary/aromatic N) is 1. The van der Waals surface area contributed by atoms with Gasteiger partial charge in [0.25, 0.3) is 0 Å².